The number of hydrogen-bond acceptors (Lipinski definition) is 2. The highest BCUT2D eigenvalue weighted by molar-refractivity contribution is 5.69. The Morgan fingerprint density at radius 2 is 1.95 bits per heavy atom. The van der Waals surface area contributed by atoms with Crippen LogP contribution in [-0.2, 0) is 10.9 Å². The lowest BCUT2D eigenvalue weighted by Crippen LogP contribution is -2.50. The van der Waals surface area contributed by atoms with E-state index < -0.39 is 47.8 Å². The Kier molecular flexibility index (Phi) is 3.31. The Balaban J connectivity index is 2.57. The highest BCUT2D eigenvalue weighted by Gasteiger charge is 2.50. The van der Waals surface area contributed by atoms with Crippen molar-refractivity contribution >= 4 is 6.09 Å². The number of nitrogens with one attached hydrogen (secondary N) is 1. The Bertz CT molecular complexity index is 542. The van der Waals surface area contributed by atoms with E-state index in [1.54, 1.807) is 5.32 Å². The van der Waals surface area contributed by atoms with Crippen LogP contribution in [0.3, 0.4) is 0 Å². The first-order chi connectivity index (χ1) is 9.13. The number of alkyl halides is 5. The van der Waals surface area contributed by atoms with Crippen LogP contribution in [0.15, 0.2) is 18.2 Å². The molecule has 1 amide bonds. The van der Waals surface area contributed by atoms with Gasteiger partial charge in [-0.2, -0.15) is 13.2 Å². The highest BCUT2D eigenvalue weighted by Crippen LogP contribution is 2.42. The number of halogens is 6. The summed E-state index contributed by atoms with van der Waals surface area (Å²) in [5.41, 5.74) is -2.87. The number of carbonyl (C=O) groups is 1. The number of amides is 1. The van der Waals surface area contributed by atoms with Crippen LogP contribution in [-0.4, -0.2) is 18.6 Å². The van der Waals surface area contributed by atoms with Crippen LogP contribution in [0.4, 0.5) is 31.1 Å². The molecule has 1 heterocycles. The van der Waals surface area contributed by atoms with Crippen LogP contribution >= 0.6 is 0 Å². The van der Waals surface area contributed by atoms with Crippen LogP contribution in [0, 0.1) is 5.82 Å². The lowest BCUT2D eigenvalue weighted by Gasteiger charge is -2.33. The highest BCUT2D eigenvalue weighted by atomic mass is 19.4. The van der Waals surface area contributed by atoms with Crippen LogP contribution in [0.1, 0.15) is 17.2 Å². The first-order valence-electron chi connectivity index (χ1n) is 5.29. The van der Waals surface area contributed by atoms with Gasteiger partial charge in [0.25, 0.3) is 0 Å². The predicted molar refractivity (Wildman–Crippen MR) is 53.6 cm³/mol. The van der Waals surface area contributed by atoms with Gasteiger partial charge < -0.3 is 10.1 Å². The van der Waals surface area contributed by atoms with Gasteiger partial charge in [0.1, 0.15) is 11.9 Å². The predicted octanol–water partition coefficient (Wildman–Crippen LogP) is 3.26. The average molecular weight is 299 g/mol. The summed E-state index contributed by atoms with van der Waals surface area (Å²) in [4.78, 5) is 10.9. The van der Waals surface area contributed by atoms with E-state index in [1.807, 2.05) is 0 Å². The first kappa shape index (κ1) is 14.5. The second-order valence-corrected chi connectivity index (χ2v) is 4.12. The third-order valence-electron chi connectivity index (χ3n) is 2.72. The monoisotopic (exact) mass is 299 g/mol. The molecular weight excluding hydrogens is 292 g/mol. The topological polar surface area (TPSA) is 38.3 Å². The normalized spacial score (nSPS) is 22.1. The van der Waals surface area contributed by atoms with E-state index >= 15 is 0 Å². The molecule has 1 atom stereocenters. The number of cyclic esters (lactones) is 1. The van der Waals surface area contributed by atoms with Crippen LogP contribution in [0.2, 0.25) is 0 Å². The van der Waals surface area contributed by atoms with Crippen LogP contribution < -0.4 is 5.32 Å². The molecule has 20 heavy (non-hydrogen) atoms. The summed E-state index contributed by atoms with van der Waals surface area (Å²) in [5, 5.41) is 1.58. The quantitative estimate of drug-likeness (QED) is 0.808. The fraction of sp³-hybridized carbons (Fsp3) is 0.364. The van der Waals surface area contributed by atoms with Crippen molar-refractivity contribution in [3.63, 3.8) is 0 Å². The lowest BCUT2D eigenvalue weighted by molar-refractivity contribution is -0.144. The SMILES string of the molecule is O=C1N[C@@H](c2cccc(F)c2C(F)(F)F)C(F)(F)CO1. The molecular formula is C11H7F6NO2. The number of ether oxygens (including phenoxy) is 1. The van der Waals surface area contributed by atoms with Gasteiger partial charge in [0.05, 0.1) is 5.56 Å². The Labute approximate surface area is 108 Å². The zero-order valence-corrected chi connectivity index (χ0v) is 9.60. The molecule has 0 saturated carbocycles. The van der Waals surface area contributed by atoms with Crippen molar-refractivity contribution in [2.75, 3.05) is 6.61 Å². The van der Waals surface area contributed by atoms with Gasteiger partial charge in [0.2, 0.25) is 0 Å². The number of benzene rings is 1. The van der Waals surface area contributed by atoms with Crippen molar-refractivity contribution in [2.45, 2.75) is 18.1 Å². The maximum atomic E-state index is 13.6. The molecule has 3 nitrogen and oxygen atoms in total. The molecule has 1 saturated heterocycles. The molecule has 1 aromatic rings. The molecule has 0 unspecified atom stereocenters. The molecule has 2 rings (SSSR count). The van der Waals surface area contributed by atoms with Gasteiger partial charge in [0, 0.05) is 0 Å². The molecule has 110 valence electrons. The van der Waals surface area contributed by atoms with Crippen LogP contribution in [0.25, 0.3) is 0 Å². The Hall–Kier alpha value is -1.93. The molecule has 0 bridgehead atoms. The summed E-state index contributed by atoms with van der Waals surface area (Å²) in [7, 11) is 0. The smallest absolute Gasteiger partial charge is 0.419 e. The number of rotatable bonds is 1. The van der Waals surface area contributed by atoms with Crippen molar-refractivity contribution in [1.82, 2.24) is 5.32 Å². The van der Waals surface area contributed by atoms with Crippen molar-refractivity contribution in [3.05, 3.63) is 35.1 Å². The zero-order chi connectivity index (χ0) is 15.1. The van der Waals surface area contributed by atoms with E-state index in [4.69, 9.17) is 0 Å². The summed E-state index contributed by atoms with van der Waals surface area (Å²) >= 11 is 0. The van der Waals surface area contributed by atoms with Gasteiger partial charge in [-0.25, -0.2) is 18.0 Å². The maximum Gasteiger partial charge on any atom is 0.419 e. The minimum Gasteiger partial charge on any atom is -0.443 e. The van der Waals surface area contributed by atoms with Crippen molar-refractivity contribution < 1.29 is 35.9 Å². The minimum atomic E-state index is -5.17. The average Bonchev–Trinajstić information content (AvgIpc) is 2.30. The third kappa shape index (κ3) is 2.52. The van der Waals surface area contributed by atoms with E-state index in [0.717, 1.165) is 6.07 Å². The zero-order valence-electron chi connectivity index (χ0n) is 9.60. The van der Waals surface area contributed by atoms with Crippen molar-refractivity contribution in [3.8, 4) is 0 Å². The first-order valence-corrected chi connectivity index (χ1v) is 5.29. The maximum absolute atomic E-state index is 13.6. The molecule has 1 aliphatic rings. The molecule has 0 radical (unpaired) electrons. The van der Waals surface area contributed by atoms with E-state index in [9.17, 15) is 31.1 Å². The molecule has 0 aliphatic carbocycles. The van der Waals surface area contributed by atoms with Crippen molar-refractivity contribution in [1.29, 1.82) is 0 Å². The van der Waals surface area contributed by atoms with Crippen molar-refractivity contribution in [2.24, 2.45) is 0 Å². The van der Waals surface area contributed by atoms with Gasteiger partial charge >= 0.3 is 18.2 Å². The number of carbonyl (C=O) groups excluding carboxylic acids is 1. The van der Waals surface area contributed by atoms with E-state index in [0.29, 0.717) is 12.1 Å². The Morgan fingerprint density at radius 3 is 2.55 bits per heavy atom. The number of alkyl carbamates (subject to hydrolysis) is 1. The second-order valence-electron chi connectivity index (χ2n) is 4.12. The summed E-state index contributed by atoms with van der Waals surface area (Å²) < 4.78 is 82.9. The lowest BCUT2D eigenvalue weighted by atomic mass is 9.94. The summed E-state index contributed by atoms with van der Waals surface area (Å²) in [6.07, 6.45) is -6.46. The molecule has 9 heteroatoms. The van der Waals surface area contributed by atoms with Gasteiger partial charge in [-0.1, -0.05) is 12.1 Å². The van der Waals surface area contributed by atoms with E-state index in [2.05, 4.69) is 4.74 Å². The summed E-state index contributed by atoms with van der Waals surface area (Å²) in [6.45, 7) is -1.38. The Morgan fingerprint density at radius 1 is 1.30 bits per heavy atom. The van der Waals surface area contributed by atoms with E-state index in [1.165, 1.54) is 0 Å². The molecule has 1 N–H and O–H groups in total. The molecule has 1 fully saturated rings. The fourth-order valence-corrected chi connectivity index (χ4v) is 1.90. The fourth-order valence-electron chi connectivity index (χ4n) is 1.90. The largest absolute Gasteiger partial charge is 0.443 e. The van der Waals surface area contributed by atoms with Gasteiger partial charge in [-0.05, 0) is 11.6 Å². The number of hydrogen-bond donors (Lipinski definition) is 1. The standard InChI is InChI=1S/C11H7F6NO2/c12-6-3-1-2-5(7(6)11(15,16)17)8-10(13,14)4-20-9(19)18-8/h1-3,8H,4H2,(H,18,19)/t8-/m0/s1. The molecule has 0 spiro atoms. The van der Waals surface area contributed by atoms with Gasteiger partial charge in [-0.15, -0.1) is 0 Å². The molecule has 1 aliphatic heterocycles. The molecule has 0 aromatic heterocycles. The molecule has 1 aromatic carbocycles. The second kappa shape index (κ2) is 4.57. The van der Waals surface area contributed by atoms with E-state index in [-0.39, 0.29) is 0 Å². The van der Waals surface area contributed by atoms with Gasteiger partial charge in [0.15, 0.2) is 6.61 Å². The summed E-state index contributed by atoms with van der Waals surface area (Å²) in [6, 6.07) is -0.254. The summed E-state index contributed by atoms with van der Waals surface area (Å²) in [5.74, 6) is -5.48. The minimum absolute atomic E-state index is 0.506. The van der Waals surface area contributed by atoms with Gasteiger partial charge in [-0.3, -0.25) is 0 Å². The third-order valence-corrected chi connectivity index (χ3v) is 2.72. The van der Waals surface area contributed by atoms with Crippen LogP contribution in [0.5, 0.6) is 0 Å².